The Morgan fingerprint density at radius 2 is 1.68 bits per heavy atom. The molecule has 2 aliphatic carbocycles. The summed E-state index contributed by atoms with van der Waals surface area (Å²) in [5.41, 5.74) is 1.72. The standard InChI is InChI=1S/C15H27NO3/c17-15(16-18)10-12-6-8-14(9-7-12)19-11-13-4-2-1-3-5-13/h12-14,18H,1-11H2,(H,16,17). The third kappa shape index (κ3) is 5.11. The summed E-state index contributed by atoms with van der Waals surface area (Å²) < 4.78 is 6.05. The minimum atomic E-state index is -0.258. The lowest BCUT2D eigenvalue weighted by Gasteiger charge is -2.30. The lowest BCUT2D eigenvalue weighted by molar-refractivity contribution is -0.130. The lowest BCUT2D eigenvalue weighted by atomic mass is 9.85. The number of carbonyl (C=O) groups is 1. The third-order valence-corrected chi connectivity index (χ3v) is 4.68. The van der Waals surface area contributed by atoms with Gasteiger partial charge in [-0.1, -0.05) is 19.3 Å². The van der Waals surface area contributed by atoms with E-state index in [1.54, 1.807) is 5.48 Å². The van der Waals surface area contributed by atoms with E-state index in [1.807, 2.05) is 0 Å². The van der Waals surface area contributed by atoms with Gasteiger partial charge in [0.1, 0.15) is 0 Å². The first kappa shape index (κ1) is 14.8. The molecule has 0 heterocycles. The number of hydrogen-bond donors (Lipinski definition) is 2. The predicted molar refractivity (Wildman–Crippen MR) is 72.8 cm³/mol. The number of amides is 1. The van der Waals surface area contributed by atoms with Crippen LogP contribution in [0.5, 0.6) is 0 Å². The van der Waals surface area contributed by atoms with E-state index in [1.165, 1.54) is 32.1 Å². The van der Waals surface area contributed by atoms with Crippen molar-refractivity contribution in [2.75, 3.05) is 6.61 Å². The highest BCUT2D eigenvalue weighted by molar-refractivity contribution is 5.74. The summed E-state index contributed by atoms with van der Waals surface area (Å²) in [5, 5.41) is 8.52. The van der Waals surface area contributed by atoms with E-state index >= 15 is 0 Å². The van der Waals surface area contributed by atoms with Crippen molar-refractivity contribution >= 4 is 5.91 Å². The highest BCUT2D eigenvalue weighted by Crippen LogP contribution is 2.30. The van der Waals surface area contributed by atoms with Gasteiger partial charge in [0.2, 0.25) is 5.91 Å². The average Bonchev–Trinajstić information content (AvgIpc) is 2.47. The van der Waals surface area contributed by atoms with Gasteiger partial charge >= 0.3 is 0 Å². The molecule has 0 atom stereocenters. The number of rotatable bonds is 5. The normalized spacial score (nSPS) is 29.1. The van der Waals surface area contributed by atoms with Gasteiger partial charge in [-0.25, -0.2) is 5.48 Å². The van der Waals surface area contributed by atoms with Gasteiger partial charge in [-0.05, 0) is 50.4 Å². The molecule has 0 radical (unpaired) electrons. The highest BCUT2D eigenvalue weighted by Gasteiger charge is 2.24. The minimum Gasteiger partial charge on any atom is -0.378 e. The highest BCUT2D eigenvalue weighted by atomic mass is 16.5. The van der Waals surface area contributed by atoms with Crippen LogP contribution >= 0.6 is 0 Å². The van der Waals surface area contributed by atoms with Crippen molar-refractivity contribution in [2.45, 2.75) is 70.3 Å². The Morgan fingerprint density at radius 3 is 2.32 bits per heavy atom. The van der Waals surface area contributed by atoms with Crippen molar-refractivity contribution in [3.05, 3.63) is 0 Å². The molecule has 2 saturated carbocycles. The van der Waals surface area contributed by atoms with Crippen LogP contribution in [0.15, 0.2) is 0 Å². The molecule has 2 N–H and O–H groups in total. The maximum absolute atomic E-state index is 11.1. The molecule has 1 amide bonds. The molecule has 19 heavy (non-hydrogen) atoms. The SMILES string of the molecule is O=C(CC1CCC(OCC2CCCCC2)CC1)NO. The summed E-state index contributed by atoms with van der Waals surface area (Å²) in [6, 6.07) is 0. The fourth-order valence-corrected chi connectivity index (χ4v) is 3.44. The van der Waals surface area contributed by atoms with Crippen molar-refractivity contribution in [3.63, 3.8) is 0 Å². The molecule has 0 unspecified atom stereocenters. The van der Waals surface area contributed by atoms with Crippen LogP contribution < -0.4 is 5.48 Å². The topological polar surface area (TPSA) is 58.6 Å². The van der Waals surface area contributed by atoms with E-state index < -0.39 is 0 Å². The fraction of sp³-hybridized carbons (Fsp3) is 0.933. The van der Waals surface area contributed by atoms with Crippen LogP contribution in [-0.4, -0.2) is 23.8 Å². The van der Waals surface area contributed by atoms with Gasteiger partial charge < -0.3 is 4.74 Å². The predicted octanol–water partition coefficient (Wildman–Crippen LogP) is 3.04. The van der Waals surface area contributed by atoms with E-state index in [0.717, 1.165) is 38.2 Å². The Hall–Kier alpha value is -0.610. The fourth-order valence-electron chi connectivity index (χ4n) is 3.44. The number of ether oxygens (including phenoxy) is 1. The average molecular weight is 269 g/mol. The molecule has 0 spiro atoms. The number of carbonyl (C=O) groups excluding carboxylic acids is 1. The summed E-state index contributed by atoms with van der Waals surface area (Å²) in [6.07, 6.45) is 11.9. The summed E-state index contributed by atoms with van der Waals surface area (Å²) in [6.45, 7) is 0.937. The van der Waals surface area contributed by atoms with Gasteiger partial charge in [0.25, 0.3) is 0 Å². The van der Waals surface area contributed by atoms with Gasteiger partial charge in [-0.2, -0.15) is 0 Å². The van der Waals surface area contributed by atoms with Crippen molar-refractivity contribution < 1.29 is 14.7 Å². The first-order chi connectivity index (χ1) is 9.28. The van der Waals surface area contributed by atoms with Crippen LogP contribution in [0.25, 0.3) is 0 Å². The lowest BCUT2D eigenvalue weighted by Crippen LogP contribution is -2.28. The zero-order chi connectivity index (χ0) is 13.5. The third-order valence-electron chi connectivity index (χ3n) is 4.68. The van der Waals surface area contributed by atoms with E-state index in [2.05, 4.69) is 0 Å². The molecular weight excluding hydrogens is 242 g/mol. The van der Waals surface area contributed by atoms with Gasteiger partial charge in [0.15, 0.2) is 0 Å². The molecule has 2 rings (SSSR count). The van der Waals surface area contributed by atoms with E-state index in [-0.39, 0.29) is 5.91 Å². The van der Waals surface area contributed by atoms with E-state index in [4.69, 9.17) is 9.94 Å². The Morgan fingerprint density at radius 1 is 1.00 bits per heavy atom. The van der Waals surface area contributed by atoms with Crippen molar-refractivity contribution in [1.29, 1.82) is 0 Å². The second-order valence-corrected chi connectivity index (χ2v) is 6.22. The van der Waals surface area contributed by atoms with Crippen LogP contribution in [0.2, 0.25) is 0 Å². The quantitative estimate of drug-likeness (QED) is 0.596. The molecule has 2 fully saturated rings. The molecule has 4 heteroatoms. The first-order valence-corrected chi connectivity index (χ1v) is 7.82. The van der Waals surface area contributed by atoms with Crippen LogP contribution in [0.3, 0.4) is 0 Å². The summed E-state index contributed by atoms with van der Waals surface area (Å²) in [4.78, 5) is 11.1. The molecule has 4 nitrogen and oxygen atoms in total. The van der Waals surface area contributed by atoms with Gasteiger partial charge in [-0.3, -0.25) is 10.0 Å². The smallest absolute Gasteiger partial charge is 0.243 e. The Bertz CT molecular complexity index is 269. The van der Waals surface area contributed by atoms with Crippen LogP contribution in [-0.2, 0) is 9.53 Å². The Balaban J connectivity index is 1.59. The Labute approximate surface area is 115 Å². The van der Waals surface area contributed by atoms with Crippen molar-refractivity contribution in [3.8, 4) is 0 Å². The first-order valence-electron chi connectivity index (χ1n) is 7.82. The Kier molecular flexibility index (Phi) is 6.11. The molecular formula is C15H27NO3. The molecule has 0 aromatic carbocycles. The van der Waals surface area contributed by atoms with Crippen LogP contribution in [0.1, 0.15) is 64.2 Å². The monoisotopic (exact) mass is 269 g/mol. The van der Waals surface area contributed by atoms with Crippen LogP contribution in [0, 0.1) is 11.8 Å². The van der Waals surface area contributed by atoms with E-state index in [0.29, 0.717) is 18.4 Å². The molecule has 0 saturated heterocycles. The molecule has 2 aliphatic rings. The summed E-state index contributed by atoms with van der Waals surface area (Å²) in [7, 11) is 0. The minimum absolute atomic E-state index is 0.258. The molecule has 0 bridgehead atoms. The zero-order valence-corrected chi connectivity index (χ0v) is 11.8. The largest absolute Gasteiger partial charge is 0.378 e. The van der Waals surface area contributed by atoms with Gasteiger partial charge in [-0.15, -0.1) is 0 Å². The second-order valence-electron chi connectivity index (χ2n) is 6.22. The molecule has 0 aromatic rings. The molecule has 0 aliphatic heterocycles. The van der Waals surface area contributed by atoms with Crippen molar-refractivity contribution in [1.82, 2.24) is 5.48 Å². The van der Waals surface area contributed by atoms with E-state index in [9.17, 15) is 4.79 Å². The number of nitrogens with one attached hydrogen (secondary N) is 1. The maximum Gasteiger partial charge on any atom is 0.243 e. The van der Waals surface area contributed by atoms with Crippen molar-refractivity contribution in [2.24, 2.45) is 11.8 Å². The molecule has 0 aromatic heterocycles. The van der Waals surface area contributed by atoms with Crippen LogP contribution in [0.4, 0.5) is 0 Å². The second kappa shape index (κ2) is 7.85. The summed E-state index contributed by atoms with van der Waals surface area (Å²) >= 11 is 0. The van der Waals surface area contributed by atoms with Gasteiger partial charge in [0, 0.05) is 13.0 Å². The number of hydrogen-bond acceptors (Lipinski definition) is 3. The molecule has 110 valence electrons. The summed E-state index contributed by atoms with van der Waals surface area (Å²) in [5.74, 6) is 0.944. The van der Waals surface area contributed by atoms with Gasteiger partial charge in [0.05, 0.1) is 6.10 Å². The zero-order valence-electron chi connectivity index (χ0n) is 11.8. The number of hydroxylamine groups is 1. The maximum atomic E-state index is 11.1.